The minimum atomic E-state index is -0.0941. The average Bonchev–Trinajstić information content (AvgIpc) is 3.30. The highest BCUT2D eigenvalue weighted by atomic mass is 79.9. The van der Waals surface area contributed by atoms with Crippen molar-refractivity contribution in [2.75, 3.05) is 13.1 Å². The summed E-state index contributed by atoms with van der Waals surface area (Å²) in [5.41, 5.74) is 0.709. The van der Waals surface area contributed by atoms with E-state index in [2.05, 4.69) is 21.2 Å². The third-order valence-electron chi connectivity index (χ3n) is 4.77. The Kier molecular flexibility index (Phi) is 4.08. The van der Waals surface area contributed by atoms with Crippen molar-refractivity contribution in [2.45, 2.75) is 31.7 Å². The summed E-state index contributed by atoms with van der Waals surface area (Å²) in [7, 11) is 0. The van der Waals surface area contributed by atoms with E-state index in [1.165, 1.54) is 0 Å². The largest absolute Gasteiger partial charge is 0.451 e. The molecule has 2 amide bonds. The summed E-state index contributed by atoms with van der Waals surface area (Å²) in [4.78, 5) is 26.5. The number of hydrogen-bond acceptors (Lipinski definition) is 3. The highest BCUT2D eigenvalue weighted by molar-refractivity contribution is 9.10. The van der Waals surface area contributed by atoms with Gasteiger partial charge in [0.05, 0.1) is 0 Å². The molecule has 2 fully saturated rings. The van der Waals surface area contributed by atoms with E-state index in [-0.39, 0.29) is 17.7 Å². The number of halogens is 1. The number of piperidine rings is 1. The Morgan fingerprint density at radius 1 is 1.12 bits per heavy atom. The van der Waals surface area contributed by atoms with Crippen molar-refractivity contribution in [1.82, 2.24) is 10.2 Å². The van der Waals surface area contributed by atoms with Gasteiger partial charge < -0.3 is 14.6 Å². The summed E-state index contributed by atoms with van der Waals surface area (Å²) >= 11 is 3.42. The summed E-state index contributed by atoms with van der Waals surface area (Å²) in [5, 5.41) is 3.97. The molecule has 0 radical (unpaired) electrons. The summed E-state index contributed by atoms with van der Waals surface area (Å²) in [6.07, 6.45) is 3.64. The number of benzene rings is 1. The fourth-order valence-electron chi connectivity index (χ4n) is 3.17. The minimum Gasteiger partial charge on any atom is -0.451 e. The zero-order valence-electron chi connectivity index (χ0n) is 13.3. The number of nitrogens with one attached hydrogen (secondary N) is 1. The molecule has 2 heterocycles. The average molecular weight is 391 g/mol. The first-order chi connectivity index (χ1) is 11.6. The van der Waals surface area contributed by atoms with Gasteiger partial charge in [0.15, 0.2) is 5.76 Å². The number of likely N-dealkylation sites (tertiary alicyclic amines) is 1. The van der Waals surface area contributed by atoms with E-state index in [1.54, 1.807) is 11.0 Å². The van der Waals surface area contributed by atoms with Gasteiger partial charge in [0, 0.05) is 34.9 Å². The second-order valence-electron chi connectivity index (χ2n) is 6.64. The van der Waals surface area contributed by atoms with Gasteiger partial charge in [-0.3, -0.25) is 9.59 Å². The molecule has 1 saturated heterocycles. The topological polar surface area (TPSA) is 62.6 Å². The van der Waals surface area contributed by atoms with Crippen LogP contribution in [0.2, 0.25) is 0 Å². The van der Waals surface area contributed by atoms with E-state index in [0.29, 0.717) is 30.5 Å². The molecule has 2 aliphatic rings. The summed E-state index contributed by atoms with van der Waals surface area (Å²) in [6, 6.07) is 7.86. The van der Waals surface area contributed by atoms with E-state index in [1.807, 2.05) is 18.2 Å². The third-order valence-corrected chi connectivity index (χ3v) is 5.26. The van der Waals surface area contributed by atoms with Crippen molar-refractivity contribution >= 4 is 38.7 Å². The molecule has 1 aromatic heterocycles. The van der Waals surface area contributed by atoms with Gasteiger partial charge in [0.1, 0.15) is 5.58 Å². The van der Waals surface area contributed by atoms with Crippen molar-refractivity contribution < 1.29 is 14.0 Å². The van der Waals surface area contributed by atoms with Crippen LogP contribution in [-0.4, -0.2) is 35.8 Å². The first kappa shape index (κ1) is 15.7. The molecule has 1 aliphatic carbocycles. The van der Waals surface area contributed by atoms with Gasteiger partial charge in [-0.1, -0.05) is 15.9 Å². The molecule has 4 rings (SSSR count). The standard InChI is InChI=1S/C18H19BrN2O3/c19-13-1-4-15-12(9-13)10-16(24-15)18(23)21-7-5-11(6-8-21)17(22)20-14-2-3-14/h1,4,9-11,14H,2-3,5-8H2,(H,20,22). The van der Waals surface area contributed by atoms with Crippen LogP contribution in [0.1, 0.15) is 36.2 Å². The summed E-state index contributed by atoms with van der Waals surface area (Å²) in [5.74, 6) is 0.451. The van der Waals surface area contributed by atoms with Crippen molar-refractivity contribution in [3.63, 3.8) is 0 Å². The van der Waals surface area contributed by atoms with Crippen LogP contribution in [0.5, 0.6) is 0 Å². The van der Waals surface area contributed by atoms with Crippen LogP contribution in [0.25, 0.3) is 11.0 Å². The predicted molar refractivity (Wildman–Crippen MR) is 93.7 cm³/mol. The van der Waals surface area contributed by atoms with Crippen molar-refractivity contribution in [2.24, 2.45) is 5.92 Å². The number of rotatable bonds is 3. The molecule has 0 unspecified atom stereocenters. The second kappa shape index (κ2) is 6.24. The van der Waals surface area contributed by atoms with Crippen LogP contribution in [0.4, 0.5) is 0 Å². The fraction of sp³-hybridized carbons (Fsp3) is 0.444. The zero-order chi connectivity index (χ0) is 16.7. The SMILES string of the molecule is O=C(NC1CC1)C1CCN(C(=O)c2cc3cc(Br)ccc3o2)CC1. The first-order valence-corrected chi connectivity index (χ1v) is 9.18. The second-order valence-corrected chi connectivity index (χ2v) is 7.56. The Balaban J connectivity index is 1.40. The lowest BCUT2D eigenvalue weighted by Crippen LogP contribution is -2.43. The predicted octanol–water partition coefficient (Wildman–Crippen LogP) is 3.33. The van der Waals surface area contributed by atoms with Gasteiger partial charge in [-0.05, 0) is 49.9 Å². The number of furan rings is 1. The monoisotopic (exact) mass is 390 g/mol. The fourth-order valence-corrected chi connectivity index (χ4v) is 3.55. The van der Waals surface area contributed by atoms with Crippen LogP contribution in [0, 0.1) is 5.92 Å². The maximum atomic E-state index is 12.6. The van der Waals surface area contributed by atoms with Gasteiger partial charge in [-0.25, -0.2) is 0 Å². The van der Waals surface area contributed by atoms with Gasteiger partial charge in [-0.15, -0.1) is 0 Å². The molecule has 5 nitrogen and oxygen atoms in total. The van der Waals surface area contributed by atoms with Gasteiger partial charge >= 0.3 is 0 Å². The Bertz CT molecular complexity index is 789. The molecular formula is C18H19BrN2O3. The van der Waals surface area contributed by atoms with Gasteiger partial charge in [-0.2, -0.15) is 0 Å². The lowest BCUT2D eigenvalue weighted by molar-refractivity contribution is -0.126. The molecule has 0 bridgehead atoms. The summed E-state index contributed by atoms with van der Waals surface area (Å²) in [6.45, 7) is 1.20. The van der Waals surface area contributed by atoms with Crippen LogP contribution < -0.4 is 5.32 Å². The number of carbonyl (C=O) groups is 2. The molecule has 24 heavy (non-hydrogen) atoms. The lowest BCUT2D eigenvalue weighted by atomic mass is 9.95. The molecule has 1 aliphatic heterocycles. The molecule has 0 atom stereocenters. The Labute approximate surface area is 148 Å². The molecule has 0 spiro atoms. The molecule has 1 saturated carbocycles. The van der Waals surface area contributed by atoms with Crippen LogP contribution in [-0.2, 0) is 4.79 Å². The molecule has 6 heteroatoms. The molecule has 126 valence electrons. The van der Waals surface area contributed by atoms with Gasteiger partial charge in [0.2, 0.25) is 5.91 Å². The highest BCUT2D eigenvalue weighted by Crippen LogP contribution is 2.26. The Morgan fingerprint density at radius 2 is 1.88 bits per heavy atom. The number of fused-ring (bicyclic) bond motifs is 1. The van der Waals surface area contributed by atoms with E-state index < -0.39 is 0 Å². The van der Waals surface area contributed by atoms with Crippen LogP contribution >= 0.6 is 15.9 Å². The van der Waals surface area contributed by atoms with E-state index in [9.17, 15) is 9.59 Å². The van der Waals surface area contributed by atoms with E-state index in [4.69, 9.17) is 4.42 Å². The quantitative estimate of drug-likeness (QED) is 0.873. The minimum absolute atomic E-state index is 0.0290. The molecule has 2 aromatic rings. The smallest absolute Gasteiger partial charge is 0.289 e. The number of carbonyl (C=O) groups excluding carboxylic acids is 2. The molecular weight excluding hydrogens is 372 g/mol. The number of hydrogen-bond donors (Lipinski definition) is 1. The van der Waals surface area contributed by atoms with E-state index in [0.717, 1.165) is 35.5 Å². The Hall–Kier alpha value is -1.82. The lowest BCUT2D eigenvalue weighted by Gasteiger charge is -2.30. The third kappa shape index (κ3) is 3.20. The normalized spacial score (nSPS) is 18.8. The highest BCUT2D eigenvalue weighted by Gasteiger charge is 2.32. The molecule has 1 aromatic carbocycles. The molecule has 1 N–H and O–H groups in total. The summed E-state index contributed by atoms with van der Waals surface area (Å²) < 4.78 is 6.64. The maximum absolute atomic E-state index is 12.6. The van der Waals surface area contributed by atoms with Crippen molar-refractivity contribution in [3.05, 3.63) is 34.5 Å². The van der Waals surface area contributed by atoms with Crippen LogP contribution in [0.3, 0.4) is 0 Å². The van der Waals surface area contributed by atoms with Crippen molar-refractivity contribution in [3.8, 4) is 0 Å². The number of nitrogens with zero attached hydrogens (tertiary/aromatic N) is 1. The van der Waals surface area contributed by atoms with Gasteiger partial charge in [0.25, 0.3) is 5.91 Å². The first-order valence-electron chi connectivity index (χ1n) is 8.39. The Morgan fingerprint density at radius 3 is 2.58 bits per heavy atom. The number of amides is 2. The maximum Gasteiger partial charge on any atom is 0.289 e. The zero-order valence-corrected chi connectivity index (χ0v) is 14.8. The van der Waals surface area contributed by atoms with Crippen LogP contribution in [0.15, 0.2) is 33.2 Å². The van der Waals surface area contributed by atoms with Crippen molar-refractivity contribution in [1.29, 1.82) is 0 Å². The van der Waals surface area contributed by atoms with E-state index >= 15 is 0 Å².